The van der Waals surface area contributed by atoms with Crippen molar-refractivity contribution in [2.45, 2.75) is 38.1 Å². The van der Waals surface area contributed by atoms with Gasteiger partial charge in [0.2, 0.25) is 11.8 Å². The molecule has 2 amide bonds. The standard InChI is InChI=1S/C18H21ClN2O4/c19-12-2-1-3-14(10-12)21-9-8-15(17(21)23)16(22)20-13-6-4-11(5-7-13)18(24)25/h1-3,10-11,13,15H,4-9H2,(H,20,22)(H,24,25). The normalized spacial score (nSPS) is 26.5. The van der Waals surface area contributed by atoms with Crippen molar-refractivity contribution in [1.82, 2.24) is 5.32 Å². The number of hydrogen-bond acceptors (Lipinski definition) is 3. The Kier molecular flexibility index (Phi) is 5.27. The number of nitrogens with zero attached hydrogens (tertiary/aromatic N) is 1. The first-order valence-corrected chi connectivity index (χ1v) is 8.93. The van der Waals surface area contributed by atoms with Gasteiger partial charge < -0.3 is 15.3 Å². The fourth-order valence-electron chi connectivity index (χ4n) is 3.61. The summed E-state index contributed by atoms with van der Waals surface area (Å²) in [6.07, 6.45) is 2.88. The Morgan fingerprint density at radius 2 is 1.88 bits per heavy atom. The van der Waals surface area contributed by atoms with Gasteiger partial charge >= 0.3 is 5.97 Å². The highest BCUT2D eigenvalue weighted by molar-refractivity contribution is 6.31. The van der Waals surface area contributed by atoms with E-state index in [0.717, 1.165) is 0 Å². The van der Waals surface area contributed by atoms with Gasteiger partial charge in [0.15, 0.2) is 0 Å². The van der Waals surface area contributed by atoms with Crippen molar-refractivity contribution in [1.29, 1.82) is 0 Å². The predicted octanol–water partition coefficient (Wildman–Crippen LogP) is 2.45. The molecule has 1 saturated heterocycles. The maximum absolute atomic E-state index is 12.6. The molecule has 2 fully saturated rings. The molecule has 2 aliphatic rings. The van der Waals surface area contributed by atoms with E-state index in [4.69, 9.17) is 16.7 Å². The number of carboxylic acid groups (broad SMARTS) is 1. The lowest BCUT2D eigenvalue weighted by Crippen LogP contribution is -2.43. The topological polar surface area (TPSA) is 86.7 Å². The van der Waals surface area contributed by atoms with E-state index in [1.165, 1.54) is 0 Å². The lowest BCUT2D eigenvalue weighted by Gasteiger charge is -2.27. The molecule has 1 aliphatic carbocycles. The summed E-state index contributed by atoms with van der Waals surface area (Å²) in [5.41, 5.74) is 0.703. The molecule has 7 heteroatoms. The third-order valence-corrected chi connectivity index (χ3v) is 5.30. The van der Waals surface area contributed by atoms with Crippen molar-refractivity contribution in [3.63, 3.8) is 0 Å². The monoisotopic (exact) mass is 364 g/mol. The van der Waals surface area contributed by atoms with Gasteiger partial charge in [0, 0.05) is 23.3 Å². The molecule has 2 N–H and O–H groups in total. The van der Waals surface area contributed by atoms with Gasteiger partial charge in [0.05, 0.1) is 5.92 Å². The van der Waals surface area contributed by atoms with E-state index in [9.17, 15) is 14.4 Å². The number of rotatable bonds is 4. The fourth-order valence-corrected chi connectivity index (χ4v) is 3.79. The Morgan fingerprint density at radius 3 is 2.52 bits per heavy atom. The number of anilines is 1. The first kappa shape index (κ1) is 17.7. The molecule has 1 unspecified atom stereocenters. The largest absolute Gasteiger partial charge is 0.481 e. The molecular weight excluding hydrogens is 344 g/mol. The predicted molar refractivity (Wildman–Crippen MR) is 93.4 cm³/mol. The molecule has 25 heavy (non-hydrogen) atoms. The minimum absolute atomic E-state index is 0.0453. The molecule has 0 spiro atoms. The van der Waals surface area contributed by atoms with Gasteiger partial charge in [0.25, 0.3) is 0 Å². The summed E-state index contributed by atoms with van der Waals surface area (Å²) in [6, 6.07) is 6.99. The van der Waals surface area contributed by atoms with Crippen molar-refractivity contribution in [3.8, 4) is 0 Å². The first-order chi connectivity index (χ1) is 12.0. The molecule has 3 rings (SSSR count). The lowest BCUT2D eigenvalue weighted by atomic mass is 9.86. The molecular formula is C18H21ClN2O4. The van der Waals surface area contributed by atoms with Crippen LogP contribution < -0.4 is 10.2 Å². The van der Waals surface area contributed by atoms with Crippen LogP contribution in [0, 0.1) is 11.8 Å². The molecule has 6 nitrogen and oxygen atoms in total. The first-order valence-electron chi connectivity index (χ1n) is 8.56. The van der Waals surface area contributed by atoms with Crippen LogP contribution >= 0.6 is 11.6 Å². The minimum Gasteiger partial charge on any atom is -0.481 e. The fraction of sp³-hybridized carbons (Fsp3) is 0.500. The number of carboxylic acids is 1. The van der Waals surface area contributed by atoms with Gasteiger partial charge in [-0.3, -0.25) is 14.4 Å². The Balaban J connectivity index is 1.57. The molecule has 1 saturated carbocycles. The zero-order chi connectivity index (χ0) is 18.0. The smallest absolute Gasteiger partial charge is 0.306 e. The van der Waals surface area contributed by atoms with E-state index in [-0.39, 0.29) is 23.8 Å². The average Bonchev–Trinajstić information content (AvgIpc) is 2.97. The summed E-state index contributed by atoms with van der Waals surface area (Å²) >= 11 is 5.97. The van der Waals surface area contributed by atoms with Crippen molar-refractivity contribution in [2.75, 3.05) is 11.4 Å². The molecule has 0 aromatic heterocycles. The van der Waals surface area contributed by atoms with Crippen LogP contribution in [-0.4, -0.2) is 35.5 Å². The third-order valence-electron chi connectivity index (χ3n) is 5.06. The Bertz CT molecular complexity index is 685. The van der Waals surface area contributed by atoms with E-state index >= 15 is 0 Å². The van der Waals surface area contributed by atoms with Gasteiger partial charge in [-0.2, -0.15) is 0 Å². The van der Waals surface area contributed by atoms with Crippen molar-refractivity contribution in [2.24, 2.45) is 11.8 Å². The van der Waals surface area contributed by atoms with E-state index in [1.807, 2.05) is 0 Å². The molecule has 1 heterocycles. The Morgan fingerprint density at radius 1 is 1.16 bits per heavy atom. The summed E-state index contributed by atoms with van der Waals surface area (Å²) in [4.78, 5) is 37.6. The minimum atomic E-state index is -0.770. The quantitative estimate of drug-likeness (QED) is 0.803. The van der Waals surface area contributed by atoms with Crippen LogP contribution in [0.15, 0.2) is 24.3 Å². The van der Waals surface area contributed by atoms with Gasteiger partial charge in [-0.1, -0.05) is 17.7 Å². The molecule has 1 aromatic rings. The maximum atomic E-state index is 12.6. The second kappa shape index (κ2) is 7.44. The van der Waals surface area contributed by atoms with Crippen LogP contribution in [0.2, 0.25) is 5.02 Å². The van der Waals surface area contributed by atoms with Crippen LogP contribution in [0.3, 0.4) is 0 Å². The zero-order valence-corrected chi connectivity index (χ0v) is 14.5. The summed E-state index contributed by atoms with van der Waals surface area (Å²) < 4.78 is 0. The van der Waals surface area contributed by atoms with Crippen LogP contribution in [0.4, 0.5) is 5.69 Å². The molecule has 0 bridgehead atoms. The number of carbonyl (C=O) groups excluding carboxylic acids is 2. The molecule has 1 atom stereocenters. The maximum Gasteiger partial charge on any atom is 0.306 e. The highest BCUT2D eigenvalue weighted by atomic mass is 35.5. The van der Waals surface area contributed by atoms with E-state index in [2.05, 4.69) is 5.32 Å². The number of nitrogens with one attached hydrogen (secondary N) is 1. The van der Waals surface area contributed by atoms with E-state index in [1.54, 1.807) is 29.2 Å². The van der Waals surface area contributed by atoms with Crippen molar-refractivity contribution in [3.05, 3.63) is 29.3 Å². The molecule has 1 aliphatic heterocycles. The summed E-state index contributed by atoms with van der Waals surface area (Å²) in [7, 11) is 0. The molecule has 134 valence electrons. The van der Waals surface area contributed by atoms with Crippen LogP contribution in [0.25, 0.3) is 0 Å². The summed E-state index contributed by atoms with van der Waals surface area (Å²) in [5, 5.41) is 12.5. The number of aliphatic carboxylic acids is 1. The van der Waals surface area contributed by atoms with Gasteiger partial charge in [0.1, 0.15) is 5.92 Å². The van der Waals surface area contributed by atoms with Crippen molar-refractivity contribution < 1.29 is 19.5 Å². The van der Waals surface area contributed by atoms with Crippen LogP contribution in [0.1, 0.15) is 32.1 Å². The Hall–Kier alpha value is -2.08. The van der Waals surface area contributed by atoms with Crippen molar-refractivity contribution >= 4 is 35.1 Å². The lowest BCUT2D eigenvalue weighted by molar-refractivity contribution is -0.142. The van der Waals surface area contributed by atoms with Gasteiger partial charge in [-0.05, 0) is 50.3 Å². The van der Waals surface area contributed by atoms with Gasteiger partial charge in [-0.15, -0.1) is 0 Å². The van der Waals surface area contributed by atoms with Gasteiger partial charge in [-0.25, -0.2) is 0 Å². The summed E-state index contributed by atoms with van der Waals surface area (Å²) in [6.45, 7) is 0.489. The van der Waals surface area contributed by atoms with E-state index in [0.29, 0.717) is 49.4 Å². The molecule has 0 radical (unpaired) electrons. The number of benzene rings is 1. The molecule has 1 aromatic carbocycles. The van der Waals surface area contributed by atoms with Crippen LogP contribution in [0.5, 0.6) is 0 Å². The zero-order valence-electron chi connectivity index (χ0n) is 13.8. The third kappa shape index (κ3) is 3.95. The second-order valence-corrected chi connectivity index (χ2v) is 7.14. The number of amides is 2. The van der Waals surface area contributed by atoms with E-state index < -0.39 is 11.9 Å². The highest BCUT2D eigenvalue weighted by Crippen LogP contribution is 2.29. The Labute approximate surface area is 151 Å². The number of carbonyl (C=O) groups is 3. The highest BCUT2D eigenvalue weighted by Gasteiger charge is 2.38. The summed E-state index contributed by atoms with van der Waals surface area (Å²) in [5.74, 6) is -2.24. The second-order valence-electron chi connectivity index (χ2n) is 6.71. The number of hydrogen-bond donors (Lipinski definition) is 2. The number of halogens is 1. The SMILES string of the molecule is O=C(O)C1CCC(NC(=O)C2CCN(c3cccc(Cl)c3)C2=O)CC1. The van der Waals surface area contributed by atoms with Crippen LogP contribution in [-0.2, 0) is 14.4 Å². The average molecular weight is 365 g/mol.